The Morgan fingerprint density at radius 3 is 2.17 bits per heavy atom. The van der Waals surface area contributed by atoms with Gasteiger partial charge in [0, 0.05) is 50.5 Å². The summed E-state index contributed by atoms with van der Waals surface area (Å²) in [5, 5.41) is 0. The highest BCUT2D eigenvalue weighted by Gasteiger charge is 2.30. The number of likely N-dealkylation sites (tertiary alicyclic amines) is 2. The minimum Gasteiger partial charge on any atom is -0.494 e. The monoisotopic (exact) mass is 400 g/mol. The van der Waals surface area contributed by atoms with Crippen LogP contribution in [0.4, 0.5) is 0 Å². The Balaban J connectivity index is 1.41. The molecule has 2 amide bonds. The molecule has 0 unspecified atom stereocenters. The van der Waals surface area contributed by atoms with Crippen LogP contribution in [0.1, 0.15) is 62.2 Å². The first kappa shape index (κ1) is 21.3. The maximum atomic E-state index is 12.6. The van der Waals surface area contributed by atoms with E-state index >= 15 is 0 Å². The first-order valence-electron chi connectivity index (χ1n) is 10.9. The van der Waals surface area contributed by atoms with Gasteiger partial charge in [0.25, 0.3) is 0 Å². The number of ketones is 1. The third kappa shape index (κ3) is 5.81. The van der Waals surface area contributed by atoms with E-state index in [0.29, 0.717) is 25.3 Å². The van der Waals surface area contributed by atoms with Crippen molar-refractivity contribution in [2.24, 2.45) is 5.92 Å². The molecule has 158 valence electrons. The fourth-order valence-corrected chi connectivity index (χ4v) is 4.17. The highest BCUT2D eigenvalue weighted by atomic mass is 16.5. The lowest BCUT2D eigenvalue weighted by Gasteiger charge is -2.35. The highest BCUT2D eigenvalue weighted by Crippen LogP contribution is 2.23. The largest absolute Gasteiger partial charge is 0.494 e. The standard InChI is InChI=1S/C23H32N2O4/c1-2-29-20-8-6-18(7-9-20)21(26)10-11-22(27)24-16-12-19(13-17-24)23(28)25-14-4-3-5-15-25/h6-9,19H,2-5,10-17H2,1H3. The van der Waals surface area contributed by atoms with Crippen molar-refractivity contribution in [3.8, 4) is 5.75 Å². The van der Waals surface area contributed by atoms with Gasteiger partial charge in [-0.15, -0.1) is 0 Å². The van der Waals surface area contributed by atoms with Crippen molar-refractivity contribution in [3.05, 3.63) is 29.8 Å². The van der Waals surface area contributed by atoms with Crippen molar-refractivity contribution >= 4 is 17.6 Å². The maximum absolute atomic E-state index is 12.6. The number of hydrogen-bond acceptors (Lipinski definition) is 4. The third-order valence-electron chi connectivity index (χ3n) is 5.92. The minimum absolute atomic E-state index is 0.00755. The van der Waals surface area contributed by atoms with E-state index in [1.54, 1.807) is 24.3 Å². The van der Waals surface area contributed by atoms with Gasteiger partial charge in [-0.3, -0.25) is 14.4 Å². The lowest BCUT2D eigenvalue weighted by molar-refractivity contribution is -0.141. The van der Waals surface area contributed by atoms with Crippen LogP contribution in [0.2, 0.25) is 0 Å². The Kier molecular flexibility index (Phi) is 7.67. The fraction of sp³-hybridized carbons (Fsp3) is 0.609. The highest BCUT2D eigenvalue weighted by molar-refractivity contribution is 5.98. The lowest BCUT2D eigenvalue weighted by atomic mass is 9.94. The van der Waals surface area contributed by atoms with Crippen molar-refractivity contribution < 1.29 is 19.1 Å². The molecule has 3 rings (SSSR count). The molecule has 0 spiro atoms. The third-order valence-corrected chi connectivity index (χ3v) is 5.92. The summed E-state index contributed by atoms with van der Waals surface area (Å²) in [6, 6.07) is 7.05. The summed E-state index contributed by atoms with van der Waals surface area (Å²) in [7, 11) is 0. The van der Waals surface area contributed by atoms with Gasteiger partial charge < -0.3 is 14.5 Å². The van der Waals surface area contributed by atoms with Crippen LogP contribution < -0.4 is 4.74 Å². The molecule has 2 heterocycles. The van der Waals surface area contributed by atoms with Gasteiger partial charge in [0.15, 0.2) is 5.78 Å². The molecule has 0 bridgehead atoms. The molecule has 29 heavy (non-hydrogen) atoms. The average Bonchev–Trinajstić information content (AvgIpc) is 2.78. The molecule has 6 nitrogen and oxygen atoms in total. The van der Waals surface area contributed by atoms with Crippen LogP contribution in [0.3, 0.4) is 0 Å². The predicted molar refractivity (Wildman–Crippen MR) is 111 cm³/mol. The SMILES string of the molecule is CCOc1ccc(C(=O)CCC(=O)N2CCC(C(=O)N3CCCCC3)CC2)cc1. The van der Waals surface area contributed by atoms with Crippen LogP contribution in [0.15, 0.2) is 24.3 Å². The van der Waals surface area contributed by atoms with Gasteiger partial charge in [-0.05, 0) is 63.3 Å². The van der Waals surface area contributed by atoms with Crippen LogP contribution in [0, 0.1) is 5.92 Å². The molecule has 2 saturated heterocycles. The number of amides is 2. The Bertz CT molecular complexity index is 702. The van der Waals surface area contributed by atoms with Crippen LogP contribution in [-0.2, 0) is 9.59 Å². The molecule has 0 aliphatic carbocycles. The number of carbonyl (C=O) groups excluding carboxylic acids is 3. The molecule has 0 aromatic heterocycles. The van der Waals surface area contributed by atoms with Gasteiger partial charge in [0.1, 0.15) is 5.75 Å². The molecule has 6 heteroatoms. The molecule has 0 saturated carbocycles. The molecule has 2 fully saturated rings. The van der Waals surface area contributed by atoms with E-state index in [4.69, 9.17) is 4.74 Å². The quantitative estimate of drug-likeness (QED) is 0.659. The van der Waals surface area contributed by atoms with Gasteiger partial charge in [-0.25, -0.2) is 0 Å². The number of rotatable bonds is 7. The summed E-state index contributed by atoms with van der Waals surface area (Å²) in [4.78, 5) is 41.3. The Labute approximate surface area is 173 Å². The predicted octanol–water partition coefficient (Wildman–Crippen LogP) is 3.30. The van der Waals surface area contributed by atoms with Crippen LogP contribution in [-0.4, -0.2) is 60.2 Å². The second-order valence-corrected chi connectivity index (χ2v) is 7.92. The van der Waals surface area contributed by atoms with Gasteiger partial charge >= 0.3 is 0 Å². The second-order valence-electron chi connectivity index (χ2n) is 7.92. The van der Waals surface area contributed by atoms with Crippen molar-refractivity contribution in [2.45, 2.75) is 51.9 Å². The van der Waals surface area contributed by atoms with Gasteiger partial charge in [0.2, 0.25) is 11.8 Å². The van der Waals surface area contributed by atoms with Crippen LogP contribution >= 0.6 is 0 Å². The molecule has 0 radical (unpaired) electrons. The van der Waals surface area contributed by atoms with Crippen molar-refractivity contribution in [1.29, 1.82) is 0 Å². The molecule has 0 atom stereocenters. The zero-order valence-corrected chi connectivity index (χ0v) is 17.4. The first-order valence-corrected chi connectivity index (χ1v) is 10.9. The van der Waals surface area contributed by atoms with E-state index in [-0.39, 0.29) is 36.4 Å². The smallest absolute Gasteiger partial charge is 0.225 e. The molecule has 2 aliphatic rings. The molecular weight excluding hydrogens is 368 g/mol. The molecule has 1 aromatic rings. The maximum Gasteiger partial charge on any atom is 0.225 e. The number of benzene rings is 1. The number of ether oxygens (including phenoxy) is 1. The summed E-state index contributed by atoms with van der Waals surface area (Å²) in [6.45, 7) is 5.48. The summed E-state index contributed by atoms with van der Waals surface area (Å²) < 4.78 is 5.38. The summed E-state index contributed by atoms with van der Waals surface area (Å²) in [6.07, 6.45) is 5.31. The number of hydrogen-bond donors (Lipinski definition) is 0. The molecule has 1 aromatic carbocycles. The number of piperidine rings is 2. The fourth-order valence-electron chi connectivity index (χ4n) is 4.17. The van der Waals surface area contributed by atoms with E-state index < -0.39 is 0 Å². The topological polar surface area (TPSA) is 66.9 Å². The van der Waals surface area contributed by atoms with Gasteiger partial charge in [-0.2, -0.15) is 0 Å². The van der Waals surface area contributed by atoms with E-state index in [9.17, 15) is 14.4 Å². The average molecular weight is 401 g/mol. The molecule has 0 N–H and O–H groups in total. The molecular formula is C23H32N2O4. The van der Waals surface area contributed by atoms with E-state index in [1.165, 1.54) is 6.42 Å². The Hall–Kier alpha value is -2.37. The van der Waals surface area contributed by atoms with Gasteiger partial charge in [-0.1, -0.05) is 0 Å². The summed E-state index contributed by atoms with van der Waals surface area (Å²) in [5.74, 6) is 1.02. The Morgan fingerprint density at radius 1 is 0.897 bits per heavy atom. The van der Waals surface area contributed by atoms with E-state index in [0.717, 1.165) is 44.5 Å². The van der Waals surface area contributed by atoms with Crippen LogP contribution in [0.5, 0.6) is 5.75 Å². The van der Waals surface area contributed by atoms with Crippen molar-refractivity contribution in [1.82, 2.24) is 9.80 Å². The minimum atomic E-state index is -0.0310. The normalized spacial score (nSPS) is 17.8. The number of nitrogens with zero attached hydrogens (tertiary/aromatic N) is 2. The Morgan fingerprint density at radius 2 is 1.55 bits per heavy atom. The summed E-state index contributed by atoms with van der Waals surface area (Å²) >= 11 is 0. The number of carbonyl (C=O) groups is 3. The van der Waals surface area contributed by atoms with Crippen molar-refractivity contribution in [2.75, 3.05) is 32.8 Å². The van der Waals surface area contributed by atoms with Gasteiger partial charge in [0.05, 0.1) is 6.61 Å². The van der Waals surface area contributed by atoms with E-state index in [2.05, 4.69) is 0 Å². The zero-order chi connectivity index (χ0) is 20.6. The molecule has 2 aliphatic heterocycles. The zero-order valence-electron chi connectivity index (χ0n) is 17.4. The van der Waals surface area contributed by atoms with Crippen LogP contribution in [0.25, 0.3) is 0 Å². The second kappa shape index (κ2) is 10.4. The summed E-state index contributed by atoms with van der Waals surface area (Å²) in [5.41, 5.74) is 0.604. The van der Waals surface area contributed by atoms with E-state index in [1.807, 2.05) is 16.7 Å². The first-order chi connectivity index (χ1) is 14.1. The van der Waals surface area contributed by atoms with Crippen molar-refractivity contribution in [3.63, 3.8) is 0 Å². The number of Topliss-reactive ketones (excluding diaryl/α,β-unsaturated/α-hetero) is 1. The lowest BCUT2D eigenvalue weighted by Crippen LogP contribution is -2.45.